The number of unbranched alkanes of at least 4 members (excludes halogenated alkanes) is 9. The molecule has 0 aliphatic heterocycles. The SMILES string of the molecule is CCCCCCCCCCC1CCc2nc(-c3ccc(CCCCC)cc3)ncc2C1. The Bertz CT molecular complexity index is 750. The van der Waals surface area contributed by atoms with Crippen LogP contribution in [0.2, 0.25) is 0 Å². The second-order valence-corrected chi connectivity index (χ2v) is 9.69. The average molecular weight is 421 g/mol. The maximum atomic E-state index is 4.96. The number of hydrogen-bond donors (Lipinski definition) is 0. The van der Waals surface area contributed by atoms with Crippen molar-refractivity contribution in [2.75, 3.05) is 0 Å². The molecule has 31 heavy (non-hydrogen) atoms. The van der Waals surface area contributed by atoms with Crippen molar-refractivity contribution in [2.45, 2.75) is 117 Å². The summed E-state index contributed by atoms with van der Waals surface area (Å²) in [6, 6.07) is 8.93. The predicted octanol–water partition coefficient (Wildman–Crippen LogP) is 8.51. The molecule has 2 heteroatoms. The lowest BCUT2D eigenvalue weighted by atomic mass is 9.84. The van der Waals surface area contributed by atoms with Crippen LogP contribution in [0.1, 0.15) is 114 Å². The maximum absolute atomic E-state index is 4.96. The normalized spacial score (nSPS) is 15.7. The van der Waals surface area contributed by atoms with E-state index in [1.165, 1.54) is 113 Å². The Morgan fingerprint density at radius 3 is 2.23 bits per heavy atom. The Balaban J connectivity index is 1.43. The molecule has 0 bridgehead atoms. The van der Waals surface area contributed by atoms with E-state index in [1.807, 2.05) is 0 Å². The third-order valence-electron chi connectivity index (χ3n) is 7.00. The lowest BCUT2D eigenvalue weighted by molar-refractivity contribution is 0.399. The highest BCUT2D eigenvalue weighted by Crippen LogP contribution is 2.29. The van der Waals surface area contributed by atoms with E-state index in [0.29, 0.717) is 0 Å². The van der Waals surface area contributed by atoms with E-state index >= 15 is 0 Å². The monoisotopic (exact) mass is 420 g/mol. The van der Waals surface area contributed by atoms with Gasteiger partial charge in [-0.3, -0.25) is 0 Å². The lowest BCUT2D eigenvalue weighted by Crippen LogP contribution is -2.16. The van der Waals surface area contributed by atoms with Crippen LogP contribution in [-0.2, 0) is 19.3 Å². The van der Waals surface area contributed by atoms with Gasteiger partial charge in [0, 0.05) is 17.5 Å². The Kier molecular flexibility index (Phi) is 10.6. The topological polar surface area (TPSA) is 25.8 Å². The van der Waals surface area contributed by atoms with Crippen molar-refractivity contribution in [2.24, 2.45) is 5.92 Å². The first-order chi connectivity index (χ1) is 15.3. The third-order valence-corrected chi connectivity index (χ3v) is 7.00. The van der Waals surface area contributed by atoms with Gasteiger partial charge < -0.3 is 0 Å². The molecule has 1 aromatic heterocycles. The molecule has 1 aromatic carbocycles. The van der Waals surface area contributed by atoms with Crippen LogP contribution in [0.3, 0.4) is 0 Å². The minimum absolute atomic E-state index is 0.837. The quantitative estimate of drug-likeness (QED) is 0.286. The fourth-order valence-corrected chi connectivity index (χ4v) is 4.93. The van der Waals surface area contributed by atoms with E-state index in [4.69, 9.17) is 9.97 Å². The summed E-state index contributed by atoms with van der Waals surface area (Å²) in [5.41, 5.74) is 5.28. The van der Waals surface area contributed by atoms with Crippen LogP contribution in [0.5, 0.6) is 0 Å². The highest BCUT2D eigenvalue weighted by molar-refractivity contribution is 5.55. The Morgan fingerprint density at radius 1 is 0.806 bits per heavy atom. The van der Waals surface area contributed by atoms with Gasteiger partial charge >= 0.3 is 0 Å². The first-order valence-electron chi connectivity index (χ1n) is 13.2. The summed E-state index contributed by atoms with van der Waals surface area (Å²) in [5.74, 6) is 1.74. The van der Waals surface area contributed by atoms with Crippen LogP contribution in [-0.4, -0.2) is 9.97 Å². The van der Waals surface area contributed by atoms with Crippen molar-refractivity contribution in [3.8, 4) is 11.4 Å². The van der Waals surface area contributed by atoms with E-state index in [0.717, 1.165) is 23.7 Å². The summed E-state index contributed by atoms with van der Waals surface area (Å²) >= 11 is 0. The fraction of sp³-hybridized carbons (Fsp3) is 0.655. The number of nitrogens with zero attached hydrogens (tertiary/aromatic N) is 2. The van der Waals surface area contributed by atoms with E-state index in [2.05, 4.69) is 44.3 Å². The lowest BCUT2D eigenvalue weighted by Gasteiger charge is -2.24. The largest absolute Gasteiger partial charge is 0.236 e. The molecule has 0 saturated carbocycles. The van der Waals surface area contributed by atoms with Gasteiger partial charge in [-0.25, -0.2) is 9.97 Å². The number of aromatic nitrogens is 2. The molecule has 1 unspecified atom stereocenters. The standard InChI is InChI=1S/C29H44N2/c1-3-5-7-8-9-10-11-13-15-25-18-21-28-27(22-25)23-30-29(31-28)26-19-16-24(17-20-26)14-12-6-4-2/h16-17,19-20,23,25H,3-15,18,21-22H2,1-2H3. The number of aryl methyl sites for hydroxylation is 2. The molecule has 1 heterocycles. The zero-order valence-corrected chi connectivity index (χ0v) is 20.2. The summed E-state index contributed by atoms with van der Waals surface area (Å²) in [7, 11) is 0. The van der Waals surface area contributed by atoms with Crippen LogP contribution in [0, 0.1) is 5.92 Å². The van der Waals surface area contributed by atoms with Gasteiger partial charge in [0.15, 0.2) is 5.82 Å². The maximum Gasteiger partial charge on any atom is 0.159 e. The highest BCUT2D eigenvalue weighted by Gasteiger charge is 2.20. The molecule has 1 aliphatic rings. The van der Waals surface area contributed by atoms with E-state index in [-0.39, 0.29) is 0 Å². The van der Waals surface area contributed by atoms with Crippen molar-refractivity contribution in [1.29, 1.82) is 0 Å². The highest BCUT2D eigenvalue weighted by atomic mass is 14.9. The van der Waals surface area contributed by atoms with Gasteiger partial charge in [-0.1, -0.05) is 109 Å². The smallest absolute Gasteiger partial charge is 0.159 e. The Labute approximate surface area is 191 Å². The van der Waals surface area contributed by atoms with Gasteiger partial charge in [0.1, 0.15) is 0 Å². The second kappa shape index (κ2) is 13.7. The summed E-state index contributed by atoms with van der Waals surface area (Å²) in [5, 5.41) is 0. The molecule has 0 spiro atoms. The van der Waals surface area contributed by atoms with Crippen LogP contribution in [0.25, 0.3) is 11.4 Å². The molecule has 1 aliphatic carbocycles. The van der Waals surface area contributed by atoms with E-state index in [9.17, 15) is 0 Å². The van der Waals surface area contributed by atoms with Crippen molar-refractivity contribution in [1.82, 2.24) is 9.97 Å². The van der Waals surface area contributed by atoms with Gasteiger partial charge in [0.25, 0.3) is 0 Å². The van der Waals surface area contributed by atoms with Gasteiger partial charge in [-0.05, 0) is 49.1 Å². The van der Waals surface area contributed by atoms with Crippen LogP contribution < -0.4 is 0 Å². The van der Waals surface area contributed by atoms with Gasteiger partial charge in [-0.2, -0.15) is 0 Å². The molecular formula is C29H44N2. The molecule has 2 aromatic rings. The molecule has 3 rings (SSSR count). The van der Waals surface area contributed by atoms with Crippen LogP contribution in [0.15, 0.2) is 30.5 Å². The molecule has 0 amide bonds. The molecule has 0 radical (unpaired) electrons. The summed E-state index contributed by atoms with van der Waals surface area (Å²) in [6.45, 7) is 4.55. The van der Waals surface area contributed by atoms with E-state index < -0.39 is 0 Å². The first-order valence-corrected chi connectivity index (χ1v) is 13.2. The van der Waals surface area contributed by atoms with Gasteiger partial charge in [0.05, 0.1) is 0 Å². The Hall–Kier alpha value is -1.70. The third kappa shape index (κ3) is 8.05. The van der Waals surface area contributed by atoms with E-state index in [1.54, 1.807) is 0 Å². The molecule has 1 atom stereocenters. The minimum atomic E-state index is 0.837. The van der Waals surface area contributed by atoms with Crippen molar-refractivity contribution in [3.05, 3.63) is 47.3 Å². The zero-order chi connectivity index (χ0) is 21.7. The number of rotatable bonds is 14. The predicted molar refractivity (Wildman–Crippen MR) is 133 cm³/mol. The molecule has 0 fully saturated rings. The van der Waals surface area contributed by atoms with Gasteiger partial charge in [-0.15, -0.1) is 0 Å². The summed E-state index contributed by atoms with van der Waals surface area (Å²) in [6.07, 6.45) is 23.5. The first kappa shape index (κ1) is 24.0. The zero-order valence-electron chi connectivity index (χ0n) is 20.2. The molecule has 170 valence electrons. The van der Waals surface area contributed by atoms with Crippen molar-refractivity contribution >= 4 is 0 Å². The van der Waals surface area contributed by atoms with Crippen molar-refractivity contribution in [3.63, 3.8) is 0 Å². The van der Waals surface area contributed by atoms with Crippen LogP contribution in [0.4, 0.5) is 0 Å². The molecular weight excluding hydrogens is 376 g/mol. The number of hydrogen-bond acceptors (Lipinski definition) is 2. The molecule has 0 N–H and O–H groups in total. The fourth-order valence-electron chi connectivity index (χ4n) is 4.93. The molecule has 2 nitrogen and oxygen atoms in total. The van der Waals surface area contributed by atoms with Crippen LogP contribution >= 0.6 is 0 Å². The summed E-state index contributed by atoms with van der Waals surface area (Å²) < 4.78 is 0. The minimum Gasteiger partial charge on any atom is -0.236 e. The average Bonchev–Trinajstić information content (AvgIpc) is 2.81. The van der Waals surface area contributed by atoms with Gasteiger partial charge in [0.2, 0.25) is 0 Å². The Morgan fingerprint density at radius 2 is 1.48 bits per heavy atom. The number of fused-ring (bicyclic) bond motifs is 1. The van der Waals surface area contributed by atoms with Crippen molar-refractivity contribution < 1.29 is 0 Å². The summed E-state index contributed by atoms with van der Waals surface area (Å²) in [4.78, 5) is 9.69. The number of benzene rings is 1. The second-order valence-electron chi connectivity index (χ2n) is 9.69. The molecule has 0 saturated heterocycles.